The molecule has 3 nitrogen and oxygen atoms in total. The first-order valence-corrected chi connectivity index (χ1v) is 5.95. The molecule has 0 rings (SSSR count). The van der Waals surface area contributed by atoms with Crippen LogP contribution < -0.4 is 0 Å². The Morgan fingerprint density at radius 2 is 1.80 bits per heavy atom. The van der Waals surface area contributed by atoms with Gasteiger partial charge in [0.15, 0.2) is 0 Å². The molecule has 0 saturated carbocycles. The minimum absolute atomic E-state index is 0.103. The topological polar surface area (TPSA) is 46.5 Å². The third-order valence-corrected chi connectivity index (χ3v) is 2.62. The van der Waals surface area contributed by atoms with Crippen molar-refractivity contribution in [3.63, 3.8) is 0 Å². The fourth-order valence-corrected chi connectivity index (χ4v) is 1.65. The monoisotopic (exact) mass is 216 g/mol. The summed E-state index contributed by atoms with van der Waals surface area (Å²) in [4.78, 5) is 10.5. The predicted octanol–water partition coefficient (Wildman–Crippen LogP) is 3.23. The fourth-order valence-electron chi connectivity index (χ4n) is 1.65. The number of carbonyl (C=O) groups is 1. The molecule has 0 aliphatic carbocycles. The van der Waals surface area contributed by atoms with E-state index in [1.54, 1.807) is 7.11 Å². The zero-order chi connectivity index (χ0) is 11.5. The highest BCUT2D eigenvalue weighted by atomic mass is 16.5. The van der Waals surface area contributed by atoms with Gasteiger partial charge in [0.2, 0.25) is 0 Å². The molecule has 0 aliphatic rings. The van der Waals surface area contributed by atoms with Gasteiger partial charge in [-0.25, -0.2) is 0 Å². The van der Waals surface area contributed by atoms with Gasteiger partial charge in [-0.15, -0.1) is 0 Å². The largest absolute Gasteiger partial charge is 0.481 e. The predicted molar refractivity (Wildman–Crippen MR) is 61.0 cm³/mol. The van der Waals surface area contributed by atoms with Crippen molar-refractivity contribution in [2.45, 2.75) is 64.4 Å². The molecule has 0 bridgehead atoms. The molecule has 0 saturated heterocycles. The molecule has 0 aromatic rings. The van der Waals surface area contributed by atoms with Gasteiger partial charge in [0, 0.05) is 7.11 Å². The molecular formula is C12H24O3. The van der Waals surface area contributed by atoms with E-state index in [-0.39, 0.29) is 12.5 Å². The first-order valence-electron chi connectivity index (χ1n) is 5.95. The van der Waals surface area contributed by atoms with Crippen molar-refractivity contribution in [3.05, 3.63) is 0 Å². The zero-order valence-corrected chi connectivity index (χ0v) is 10.00. The highest BCUT2D eigenvalue weighted by Crippen LogP contribution is 2.11. The van der Waals surface area contributed by atoms with Crippen LogP contribution in [0.2, 0.25) is 0 Å². The van der Waals surface area contributed by atoms with Crippen molar-refractivity contribution in [2.75, 3.05) is 7.11 Å². The van der Waals surface area contributed by atoms with Crippen molar-refractivity contribution in [1.82, 2.24) is 0 Å². The second-order valence-electron chi connectivity index (χ2n) is 4.01. The Labute approximate surface area is 92.8 Å². The normalized spacial score (nSPS) is 12.7. The smallest absolute Gasteiger partial charge is 0.305 e. The van der Waals surface area contributed by atoms with Gasteiger partial charge in [0.1, 0.15) is 0 Å². The average molecular weight is 216 g/mol. The molecule has 3 heteroatoms. The molecule has 1 atom stereocenters. The van der Waals surface area contributed by atoms with E-state index in [4.69, 9.17) is 9.84 Å². The Balaban J connectivity index is 3.34. The van der Waals surface area contributed by atoms with Crippen LogP contribution in [0.25, 0.3) is 0 Å². The van der Waals surface area contributed by atoms with E-state index < -0.39 is 5.97 Å². The molecule has 0 heterocycles. The number of carboxylic acids is 1. The number of hydrogen-bond acceptors (Lipinski definition) is 2. The van der Waals surface area contributed by atoms with Gasteiger partial charge >= 0.3 is 5.97 Å². The van der Waals surface area contributed by atoms with Crippen molar-refractivity contribution in [3.8, 4) is 0 Å². The Bertz CT molecular complexity index is 157. The molecule has 15 heavy (non-hydrogen) atoms. The van der Waals surface area contributed by atoms with E-state index in [0.29, 0.717) is 0 Å². The molecule has 90 valence electrons. The molecule has 0 radical (unpaired) electrons. The highest BCUT2D eigenvalue weighted by Gasteiger charge is 2.11. The minimum Gasteiger partial charge on any atom is -0.481 e. The maximum atomic E-state index is 10.5. The number of hydrogen-bond donors (Lipinski definition) is 1. The summed E-state index contributed by atoms with van der Waals surface area (Å²) in [7, 11) is 1.59. The number of methoxy groups -OCH3 is 1. The van der Waals surface area contributed by atoms with Gasteiger partial charge in [-0.05, 0) is 6.42 Å². The second-order valence-corrected chi connectivity index (χ2v) is 4.01. The van der Waals surface area contributed by atoms with Crippen LogP contribution in [-0.2, 0) is 9.53 Å². The van der Waals surface area contributed by atoms with Crippen LogP contribution in [0.3, 0.4) is 0 Å². The average Bonchev–Trinajstić information content (AvgIpc) is 2.20. The van der Waals surface area contributed by atoms with E-state index >= 15 is 0 Å². The molecule has 0 fully saturated rings. The lowest BCUT2D eigenvalue weighted by molar-refractivity contribution is -0.139. The Kier molecular flexibility index (Phi) is 9.59. The molecule has 0 spiro atoms. The zero-order valence-electron chi connectivity index (χ0n) is 10.00. The van der Waals surface area contributed by atoms with E-state index in [9.17, 15) is 4.79 Å². The van der Waals surface area contributed by atoms with Crippen LogP contribution in [0.5, 0.6) is 0 Å². The number of aliphatic carboxylic acids is 1. The third-order valence-electron chi connectivity index (χ3n) is 2.62. The molecular weight excluding hydrogens is 192 g/mol. The number of unbranched alkanes of at least 4 members (excludes halogenated alkanes) is 5. The summed E-state index contributed by atoms with van der Waals surface area (Å²) in [5.41, 5.74) is 0. The molecule has 0 amide bonds. The van der Waals surface area contributed by atoms with Crippen LogP contribution >= 0.6 is 0 Å². The molecule has 0 aromatic carbocycles. The Hall–Kier alpha value is -0.570. The second kappa shape index (κ2) is 9.97. The lowest BCUT2D eigenvalue weighted by atomic mass is 10.1. The van der Waals surface area contributed by atoms with Gasteiger partial charge in [-0.2, -0.15) is 0 Å². The number of rotatable bonds is 10. The van der Waals surface area contributed by atoms with E-state index in [1.165, 1.54) is 32.1 Å². The Morgan fingerprint density at radius 3 is 2.33 bits per heavy atom. The summed E-state index contributed by atoms with van der Waals surface area (Å²) in [6.45, 7) is 2.20. The molecule has 1 unspecified atom stereocenters. The molecule has 0 aliphatic heterocycles. The van der Waals surface area contributed by atoms with Crippen LogP contribution in [0, 0.1) is 0 Å². The minimum atomic E-state index is -0.771. The summed E-state index contributed by atoms with van der Waals surface area (Å²) in [5, 5.41) is 8.61. The first-order chi connectivity index (χ1) is 7.20. The van der Waals surface area contributed by atoms with Crippen molar-refractivity contribution < 1.29 is 14.6 Å². The lowest BCUT2D eigenvalue weighted by Crippen LogP contribution is -2.15. The third kappa shape index (κ3) is 9.73. The van der Waals surface area contributed by atoms with E-state index in [1.807, 2.05) is 0 Å². The van der Waals surface area contributed by atoms with E-state index in [2.05, 4.69) is 6.92 Å². The summed E-state index contributed by atoms with van der Waals surface area (Å²) in [6, 6.07) is 0. The maximum Gasteiger partial charge on any atom is 0.305 e. The van der Waals surface area contributed by atoms with Crippen LogP contribution in [0.4, 0.5) is 0 Å². The standard InChI is InChI=1S/C12H24O3/c1-3-4-5-6-7-8-9-11(15-2)10-12(13)14/h11H,3-10H2,1-2H3,(H,13,14). The van der Waals surface area contributed by atoms with Gasteiger partial charge in [-0.3, -0.25) is 4.79 Å². The summed E-state index contributed by atoms with van der Waals surface area (Å²) in [6.07, 6.45) is 8.30. The first kappa shape index (κ1) is 14.4. The van der Waals surface area contributed by atoms with Crippen LogP contribution in [0.15, 0.2) is 0 Å². The number of ether oxygens (including phenoxy) is 1. The molecule has 1 N–H and O–H groups in total. The fraction of sp³-hybridized carbons (Fsp3) is 0.917. The van der Waals surface area contributed by atoms with Crippen molar-refractivity contribution in [1.29, 1.82) is 0 Å². The highest BCUT2D eigenvalue weighted by molar-refractivity contribution is 5.67. The van der Waals surface area contributed by atoms with Gasteiger partial charge < -0.3 is 9.84 Å². The molecule has 0 aromatic heterocycles. The maximum absolute atomic E-state index is 10.5. The summed E-state index contributed by atoms with van der Waals surface area (Å²) < 4.78 is 5.11. The summed E-state index contributed by atoms with van der Waals surface area (Å²) >= 11 is 0. The summed E-state index contributed by atoms with van der Waals surface area (Å²) in [5.74, 6) is -0.771. The van der Waals surface area contributed by atoms with Crippen molar-refractivity contribution in [2.24, 2.45) is 0 Å². The van der Waals surface area contributed by atoms with Gasteiger partial charge in [0.05, 0.1) is 12.5 Å². The van der Waals surface area contributed by atoms with Crippen molar-refractivity contribution >= 4 is 5.97 Å². The van der Waals surface area contributed by atoms with E-state index in [0.717, 1.165) is 12.8 Å². The Morgan fingerprint density at radius 1 is 1.20 bits per heavy atom. The van der Waals surface area contributed by atoms with Crippen LogP contribution in [-0.4, -0.2) is 24.3 Å². The van der Waals surface area contributed by atoms with Crippen LogP contribution in [0.1, 0.15) is 58.3 Å². The van der Waals surface area contributed by atoms with Gasteiger partial charge in [-0.1, -0.05) is 45.4 Å². The SMILES string of the molecule is CCCCCCCCC(CC(=O)O)OC. The lowest BCUT2D eigenvalue weighted by Gasteiger charge is -2.12. The number of carboxylic acid groups (broad SMARTS) is 1. The van der Waals surface area contributed by atoms with Gasteiger partial charge in [0.25, 0.3) is 0 Å². The quantitative estimate of drug-likeness (QED) is 0.570.